The Morgan fingerprint density at radius 1 is 1.27 bits per heavy atom. The molecule has 1 aromatic heterocycles. The molecule has 1 fully saturated rings. The lowest BCUT2D eigenvalue weighted by atomic mass is 9.83. The zero-order chi connectivity index (χ0) is 14.9. The van der Waals surface area contributed by atoms with Crippen LogP contribution in [-0.2, 0) is 11.2 Å². The van der Waals surface area contributed by atoms with Crippen molar-refractivity contribution in [3.63, 3.8) is 0 Å². The number of amidine groups is 1. The van der Waals surface area contributed by atoms with Crippen molar-refractivity contribution < 1.29 is 4.74 Å². The average molecular weight is 291 g/mol. The Balaban J connectivity index is 1.71. The van der Waals surface area contributed by atoms with Crippen LogP contribution in [0.4, 0.5) is 0 Å². The van der Waals surface area contributed by atoms with E-state index < -0.39 is 0 Å². The Morgan fingerprint density at radius 2 is 2.18 bits per heavy atom. The molecule has 0 bridgehead atoms. The van der Waals surface area contributed by atoms with Crippen molar-refractivity contribution in [1.82, 2.24) is 4.98 Å². The molecule has 5 rings (SSSR count). The molecule has 4 nitrogen and oxygen atoms in total. The molecule has 0 saturated heterocycles. The van der Waals surface area contributed by atoms with Gasteiger partial charge in [-0.05, 0) is 48.1 Å². The maximum atomic E-state index is 5.77. The number of rotatable bonds is 1. The SMILES string of the molecule is Cc1ccncc1-c1cccc2c1C1C3OC(N)=N[C@@]31CC2. The molecule has 22 heavy (non-hydrogen) atoms. The largest absolute Gasteiger partial charge is 0.459 e. The molecule has 1 saturated carbocycles. The molecule has 110 valence electrons. The predicted molar refractivity (Wildman–Crippen MR) is 84.7 cm³/mol. The quantitative estimate of drug-likeness (QED) is 0.878. The maximum Gasteiger partial charge on any atom is 0.283 e. The molecule has 3 atom stereocenters. The van der Waals surface area contributed by atoms with Gasteiger partial charge < -0.3 is 10.5 Å². The molecule has 2 heterocycles. The van der Waals surface area contributed by atoms with Crippen molar-refractivity contribution >= 4 is 6.02 Å². The molecule has 3 aliphatic rings. The van der Waals surface area contributed by atoms with Crippen LogP contribution in [-0.4, -0.2) is 22.6 Å². The summed E-state index contributed by atoms with van der Waals surface area (Å²) in [6, 6.07) is 9.00. The molecule has 2 N–H and O–H groups in total. The van der Waals surface area contributed by atoms with Crippen LogP contribution in [0.15, 0.2) is 41.7 Å². The molecule has 1 aromatic carbocycles. The molecular weight excluding hydrogens is 274 g/mol. The van der Waals surface area contributed by atoms with Crippen LogP contribution in [0.3, 0.4) is 0 Å². The van der Waals surface area contributed by atoms with E-state index in [-0.39, 0.29) is 11.6 Å². The van der Waals surface area contributed by atoms with Crippen LogP contribution in [0.2, 0.25) is 0 Å². The first kappa shape index (κ1) is 12.2. The number of aliphatic imine (C=N–C) groups is 1. The van der Waals surface area contributed by atoms with Crippen molar-refractivity contribution in [3.05, 3.63) is 53.3 Å². The summed E-state index contributed by atoms with van der Waals surface area (Å²) in [5, 5.41) is 0. The number of benzene rings is 1. The van der Waals surface area contributed by atoms with Gasteiger partial charge >= 0.3 is 0 Å². The van der Waals surface area contributed by atoms with Gasteiger partial charge in [-0.15, -0.1) is 0 Å². The number of fused-ring (bicyclic) bond motifs is 3. The van der Waals surface area contributed by atoms with Crippen LogP contribution in [0, 0.1) is 6.92 Å². The van der Waals surface area contributed by atoms with Crippen LogP contribution < -0.4 is 5.73 Å². The first-order valence-corrected chi connectivity index (χ1v) is 7.75. The maximum absolute atomic E-state index is 5.77. The Kier molecular flexibility index (Phi) is 2.16. The van der Waals surface area contributed by atoms with Gasteiger partial charge in [0.05, 0.1) is 5.92 Å². The van der Waals surface area contributed by atoms with E-state index in [1.165, 1.54) is 27.8 Å². The molecular formula is C18H17N3O. The second kappa shape index (κ2) is 3.88. The van der Waals surface area contributed by atoms with Crippen molar-refractivity contribution in [1.29, 1.82) is 0 Å². The molecule has 1 spiro atoms. The van der Waals surface area contributed by atoms with Crippen molar-refractivity contribution in [3.8, 4) is 11.1 Å². The van der Waals surface area contributed by atoms with E-state index in [0.29, 0.717) is 11.9 Å². The highest BCUT2D eigenvalue weighted by Gasteiger charge is 2.73. The number of ether oxygens (including phenoxy) is 1. The smallest absolute Gasteiger partial charge is 0.283 e. The number of pyridine rings is 1. The van der Waals surface area contributed by atoms with Crippen LogP contribution >= 0.6 is 0 Å². The summed E-state index contributed by atoms with van der Waals surface area (Å²) < 4.78 is 5.76. The van der Waals surface area contributed by atoms with Gasteiger partial charge in [0.25, 0.3) is 6.02 Å². The van der Waals surface area contributed by atoms with Gasteiger partial charge in [-0.3, -0.25) is 4.98 Å². The van der Waals surface area contributed by atoms with E-state index in [0.717, 1.165) is 12.8 Å². The van der Waals surface area contributed by atoms with Gasteiger partial charge in [0.15, 0.2) is 0 Å². The number of nitrogens with zero attached hydrogens (tertiary/aromatic N) is 2. The summed E-state index contributed by atoms with van der Waals surface area (Å²) in [7, 11) is 0. The molecule has 1 aliphatic heterocycles. The highest BCUT2D eigenvalue weighted by atomic mass is 16.5. The number of hydrogen-bond acceptors (Lipinski definition) is 4. The van der Waals surface area contributed by atoms with Crippen LogP contribution in [0.1, 0.15) is 29.0 Å². The van der Waals surface area contributed by atoms with Gasteiger partial charge in [0, 0.05) is 18.0 Å². The monoisotopic (exact) mass is 291 g/mol. The lowest BCUT2D eigenvalue weighted by Crippen LogP contribution is -2.20. The van der Waals surface area contributed by atoms with Gasteiger partial charge in [-0.1, -0.05) is 18.2 Å². The van der Waals surface area contributed by atoms with Gasteiger partial charge in [-0.25, -0.2) is 4.99 Å². The molecule has 2 aliphatic carbocycles. The number of nitrogens with two attached hydrogens (primary N) is 1. The second-order valence-electron chi connectivity index (χ2n) is 6.53. The fraction of sp³-hybridized carbons (Fsp3) is 0.333. The minimum absolute atomic E-state index is 0.0939. The highest BCUT2D eigenvalue weighted by Crippen LogP contribution is 2.65. The van der Waals surface area contributed by atoms with E-state index >= 15 is 0 Å². The lowest BCUT2D eigenvalue weighted by molar-refractivity contribution is 0.282. The number of aryl methyl sites for hydroxylation is 2. The van der Waals surface area contributed by atoms with E-state index in [2.05, 4.69) is 41.2 Å². The zero-order valence-electron chi connectivity index (χ0n) is 12.4. The average Bonchev–Trinajstić information content (AvgIpc) is 3.01. The topological polar surface area (TPSA) is 60.5 Å². The van der Waals surface area contributed by atoms with E-state index in [1.807, 2.05) is 12.4 Å². The standard InChI is InChI=1S/C18H17N3O/c1-10-6-8-20-9-13(10)12-4-2-3-11-5-7-18-15(14(11)12)16(18)22-17(19)21-18/h2-4,6,8-9,15-16H,5,7H2,1H3,(H2,19,21)/t15?,16?,18-/m1/s1. The van der Waals surface area contributed by atoms with E-state index in [4.69, 9.17) is 10.5 Å². The Hall–Kier alpha value is -2.36. The summed E-state index contributed by atoms with van der Waals surface area (Å²) in [4.78, 5) is 8.94. The highest BCUT2D eigenvalue weighted by molar-refractivity contribution is 5.80. The summed E-state index contributed by atoms with van der Waals surface area (Å²) in [6.07, 6.45) is 6.01. The van der Waals surface area contributed by atoms with Crippen molar-refractivity contribution in [2.45, 2.75) is 37.3 Å². The van der Waals surface area contributed by atoms with Crippen molar-refractivity contribution in [2.75, 3.05) is 0 Å². The normalized spacial score (nSPS) is 30.7. The van der Waals surface area contributed by atoms with Gasteiger partial charge in [0.1, 0.15) is 11.6 Å². The van der Waals surface area contributed by atoms with Gasteiger partial charge in [-0.2, -0.15) is 0 Å². The van der Waals surface area contributed by atoms with Crippen LogP contribution in [0.25, 0.3) is 11.1 Å². The molecule has 0 amide bonds. The third-order valence-electron chi connectivity index (χ3n) is 5.42. The minimum atomic E-state index is -0.0939. The van der Waals surface area contributed by atoms with Crippen molar-refractivity contribution in [2.24, 2.45) is 10.7 Å². The Labute approximate surface area is 129 Å². The number of hydrogen-bond donors (Lipinski definition) is 1. The molecule has 0 radical (unpaired) electrons. The fourth-order valence-corrected chi connectivity index (χ4v) is 4.33. The lowest BCUT2D eigenvalue weighted by Gasteiger charge is -2.23. The van der Waals surface area contributed by atoms with E-state index in [9.17, 15) is 0 Å². The first-order valence-electron chi connectivity index (χ1n) is 7.75. The Bertz CT molecular complexity index is 829. The number of aromatic nitrogens is 1. The molecule has 4 heteroatoms. The zero-order valence-corrected chi connectivity index (χ0v) is 12.4. The third kappa shape index (κ3) is 1.37. The summed E-state index contributed by atoms with van der Waals surface area (Å²) in [6.45, 7) is 2.13. The predicted octanol–water partition coefficient (Wildman–Crippen LogP) is 2.55. The molecule has 2 aromatic rings. The van der Waals surface area contributed by atoms with Crippen LogP contribution in [0.5, 0.6) is 0 Å². The van der Waals surface area contributed by atoms with E-state index in [1.54, 1.807) is 0 Å². The van der Waals surface area contributed by atoms with Gasteiger partial charge in [0.2, 0.25) is 0 Å². The first-order chi connectivity index (χ1) is 10.7. The summed E-state index contributed by atoms with van der Waals surface area (Å²) in [5.41, 5.74) is 12.2. The third-order valence-corrected chi connectivity index (χ3v) is 5.42. The fourth-order valence-electron chi connectivity index (χ4n) is 4.33. The molecule has 2 unspecified atom stereocenters. The summed E-state index contributed by atoms with van der Waals surface area (Å²) >= 11 is 0. The summed E-state index contributed by atoms with van der Waals surface area (Å²) in [5.74, 6) is 0.347. The minimum Gasteiger partial charge on any atom is -0.459 e. The second-order valence-corrected chi connectivity index (χ2v) is 6.53. The Morgan fingerprint density at radius 3 is 3.05 bits per heavy atom.